The van der Waals surface area contributed by atoms with Gasteiger partial charge >= 0.3 is 0 Å². The molecule has 0 aliphatic carbocycles. The molecule has 2 nitrogen and oxygen atoms in total. The molecule has 0 aliphatic rings. The van der Waals surface area contributed by atoms with Crippen molar-refractivity contribution in [3.63, 3.8) is 0 Å². The average Bonchev–Trinajstić information content (AvgIpc) is 2.50. The molecule has 1 aromatic rings. The van der Waals surface area contributed by atoms with Gasteiger partial charge in [0, 0.05) is 10.3 Å². The molecule has 1 N–H and O–H groups in total. The van der Waals surface area contributed by atoms with Crippen LogP contribution in [0.3, 0.4) is 0 Å². The second kappa shape index (κ2) is 3.92. The summed E-state index contributed by atoms with van der Waals surface area (Å²) in [6.45, 7) is 6.39. The van der Waals surface area contributed by atoms with Crippen LogP contribution in [0.15, 0.2) is 17.5 Å². The normalized spacial score (nSPS) is 11.3. The quantitative estimate of drug-likeness (QED) is 0.775. The van der Waals surface area contributed by atoms with E-state index in [-0.39, 0.29) is 11.3 Å². The molecule has 1 rings (SSSR count). The number of amides is 1. The predicted octanol–water partition coefficient (Wildman–Crippen LogP) is 2.41. The van der Waals surface area contributed by atoms with Gasteiger partial charge in [-0.3, -0.25) is 4.79 Å². The van der Waals surface area contributed by atoms with Crippen LogP contribution in [0.25, 0.3) is 0 Å². The molecule has 0 saturated heterocycles. The fraction of sp³-hybridized carbons (Fsp3) is 0.500. The average molecular weight is 197 g/mol. The molecule has 72 valence electrons. The summed E-state index contributed by atoms with van der Waals surface area (Å²) in [6, 6.07) is 4.01. The zero-order chi connectivity index (χ0) is 9.90. The molecule has 13 heavy (non-hydrogen) atoms. The van der Waals surface area contributed by atoms with Crippen molar-refractivity contribution in [1.82, 2.24) is 5.32 Å². The molecule has 1 amide bonds. The van der Waals surface area contributed by atoms with E-state index in [1.165, 1.54) is 4.88 Å². The summed E-state index contributed by atoms with van der Waals surface area (Å²) in [5, 5.41) is 4.91. The van der Waals surface area contributed by atoms with Crippen LogP contribution in [0.5, 0.6) is 0 Å². The van der Waals surface area contributed by atoms with Crippen LogP contribution in [-0.4, -0.2) is 5.91 Å². The lowest BCUT2D eigenvalue weighted by Gasteiger charge is -2.16. The number of hydrogen-bond donors (Lipinski definition) is 1. The number of carbonyl (C=O) groups excluding carboxylic acids is 1. The Morgan fingerprint density at radius 2 is 2.23 bits per heavy atom. The van der Waals surface area contributed by atoms with Gasteiger partial charge in [-0.2, -0.15) is 0 Å². The maximum Gasteiger partial charge on any atom is 0.225 e. The minimum Gasteiger partial charge on any atom is -0.351 e. The highest BCUT2D eigenvalue weighted by Gasteiger charge is 2.20. The van der Waals surface area contributed by atoms with E-state index in [1.807, 2.05) is 38.3 Å². The summed E-state index contributed by atoms with van der Waals surface area (Å²) in [5.74, 6) is 0.0981. The van der Waals surface area contributed by atoms with Crippen molar-refractivity contribution in [2.75, 3.05) is 0 Å². The minimum absolute atomic E-state index is 0.0981. The molecule has 0 fully saturated rings. The Hall–Kier alpha value is -0.830. The van der Waals surface area contributed by atoms with Crippen LogP contribution in [0, 0.1) is 5.41 Å². The van der Waals surface area contributed by atoms with Crippen molar-refractivity contribution in [2.24, 2.45) is 5.41 Å². The molecule has 0 bridgehead atoms. The number of carbonyl (C=O) groups is 1. The van der Waals surface area contributed by atoms with Gasteiger partial charge < -0.3 is 5.32 Å². The van der Waals surface area contributed by atoms with E-state index in [9.17, 15) is 4.79 Å². The van der Waals surface area contributed by atoms with Crippen molar-refractivity contribution in [3.05, 3.63) is 22.4 Å². The lowest BCUT2D eigenvalue weighted by atomic mass is 9.96. The zero-order valence-corrected chi connectivity index (χ0v) is 9.07. The fourth-order valence-electron chi connectivity index (χ4n) is 0.846. The summed E-state index contributed by atoms with van der Waals surface area (Å²) < 4.78 is 0. The first-order valence-corrected chi connectivity index (χ1v) is 5.19. The highest BCUT2D eigenvalue weighted by atomic mass is 32.1. The highest BCUT2D eigenvalue weighted by Crippen LogP contribution is 2.14. The smallest absolute Gasteiger partial charge is 0.225 e. The van der Waals surface area contributed by atoms with Crippen LogP contribution in [0.2, 0.25) is 0 Å². The van der Waals surface area contributed by atoms with Crippen LogP contribution in [0.1, 0.15) is 25.6 Å². The maximum atomic E-state index is 11.5. The third kappa shape index (κ3) is 3.19. The first-order valence-electron chi connectivity index (χ1n) is 4.31. The third-order valence-corrected chi connectivity index (χ3v) is 2.56. The summed E-state index contributed by atoms with van der Waals surface area (Å²) in [7, 11) is 0. The van der Waals surface area contributed by atoms with Crippen molar-refractivity contribution >= 4 is 17.2 Å². The lowest BCUT2D eigenvalue weighted by molar-refractivity contribution is -0.128. The first-order chi connectivity index (χ1) is 6.00. The molecule has 3 heteroatoms. The third-order valence-electron chi connectivity index (χ3n) is 1.68. The monoisotopic (exact) mass is 197 g/mol. The van der Waals surface area contributed by atoms with Crippen LogP contribution in [-0.2, 0) is 11.3 Å². The topological polar surface area (TPSA) is 29.1 Å². The predicted molar refractivity (Wildman–Crippen MR) is 55.6 cm³/mol. The zero-order valence-electron chi connectivity index (χ0n) is 8.26. The summed E-state index contributed by atoms with van der Waals surface area (Å²) in [6.07, 6.45) is 0. The van der Waals surface area contributed by atoms with Crippen LogP contribution < -0.4 is 5.32 Å². The van der Waals surface area contributed by atoms with Gasteiger partial charge in [0.25, 0.3) is 0 Å². The van der Waals surface area contributed by atoms with Crippen molar-refractivity contribution < 1.29 is 4.79 Å². The summed E-state index contributed by atoms with van der Waals surface area (Å²) in [5.41, 5.74) is -0.294. The molecule has 1 aromatic heterocycles. The standard InChI is InChI=1S/C10H15NOS/c1-10(2,3)9(12)11-7-8-5-4-6-13-8/h4-6H,7H2,1-3H3,(H,11,12). The Morgan fingerprint density at radius 1 is 1.54 bits per heavy atom. The van der Waals surface area contributed by atoms with Crippen molar-refractivity contribution in [3.8, 4) is 0 Å². The van der Waals surface area contributed by atoms with E-state index >= 15 is 0 Å². The Bertz CT molecular complexity index is 272. The number of rotatable bonds is 2. The van der Waals surface area contributed by atoms with Crippen LogP contribution in [0.4, 0.5) is 0 Å². The van der Waals surface area contributed by atoms with Gasteiger partial charge in [-0.05, 0) is 11.4 Å². The van der Waals surface area contributed by atoms with E-state index in [2.05, 4.69) is 5.32 Å². The highest BCUT2D eigenvalue weighted by molar-refractivity contribution is 7.09. The molecule has 0 unspecified atom stereocenters. The maximum absolute atomic E-state index is 11.5. The van der Waals surface area contributed by atoms with E-state index < -0.39 is 0 Å². The SMILES string of the molecule is CC(C)(C)C(=O)NCc1cccs1. The summed E-state index contributed by atoms with van der Waals surface area (Å²) in [4.78, 5) is 12.6. The number of hydrogen-bond acceptors (Lipinski definition) is 2. The molecule has 1 heterocycles. The molecular formula is C10H15NOS. The summed E-state index contributed by atoms with van der Waals surface area (Å²) >= 11 is 1.66. The first kappa shape index (κ1) is 10.3. The largest absolute Gasteiger partial charge is 0.351 e. The van der Waals surface area contributed by atoms with E-state index in [4.69, 9.17) is 0 Å². The molecule has 0 radical (unpaired) electrons. The molecule has 0 atom stereocenters. The number of nitrogens with one attached hydrogen (secondary N) is 1. The fourth-order valence-corrected chi connectivity index (χ4v) is 1.49. The van der Waals surface area contributed by atoms with Crippen molar-refractivity contribution in [2.45, 2.75) is 27.3 Å². The molecule has 0 aromatic carbocycles. The van der Waals surface area contributed by atoms with E-state index in [0.29, 0.717) is 6.54 Å². The van der Waals surface area contributed by atoms with Crippen LogP contribution >= 0.6 is 11.3 Å². The van der Waals surface area contributed by atoms with Gasteiger partial charge in [-0.25, -0.2) is 0 Å². The van der Waals surface area contributed by atoms with E-state index in [0.717, 1.165) is 0 Å². The van der Waals surface area contributed by atoms with Gasteiger partial charge in [0.2, 0.25) is 5.91 Å². The second-order valence-electron chi connectivity index (χ2n) is 4.01. The lowest BCUT2D eigenvalue weighted by Crippen LogP contribution is -2.34. The molecule has 0 saturated carbocycles. The van der Waals surface area contributed by atoms with Gasteiger partial charge in [0.15, 0.2) is 0 Å². The van der Waals surface area contributed by atoms with Crippen molar-refractivity contribution in [1.29, 1.82) is 0 Å². The van der Waals surface area contributed by atoms with E-state index in [1.54, 1.807) is 11.3 Å². The Balaban J connectivity index is 2.40. The van der Waals surface area contributed by atoms with Gasteiger partial charge in [-0.15, -0.1) is 11.3 Å². The Morgan fingerprint density at radius 3 is 2.69 bits per heavy atom. The second-order valence-corrected chi connectivity index (χ2v) is 5.04. The van der Waals surface area contributed by atoms with Gasteiger partial charge in [0.05, 0.1) is 6.54 Å². The van der Waals surface area contributed by atoms with Gasteiger partial charge in [-0.1, -0.05) is 26.8 Å². The Labute approximate surface area is 83.0 Å². The minimum atomic E-state index is -0.294. The van der Waals surface area contributed by atoms with Gasteiger partial charge in [0.1, 0.15) is 0 Å². The molecule has 0 spiro atoms. The molecular weight excluding hydrogens is 182 g/mol. The molecule has 0 aliphatic heterocycles. The number of thiophene rings is 1. The Kier molecular flexibility index (Phi) is 3.09.